The number of nitrogen functional groups attached to an aromatic ring is 1. The third kappa shape index (κ3) is 3.39. The summed E-state index contributed by atoms with van der Waals surface area (Å²) in [6.07, 6.45) is 0. The number of sulfonamides is 1. The van der Waals surface area contributed by atoms with Crippen molar-refractivity contribution >= 4 is 31.6 Å². The van der Waals surface area contributed by atoms with Crippen LogP contribution in [0.1, 0.15) is 18.5 Å². The second-order valence-electron chi connectivity index (χ2n) is 4.43. The summed E-state index contributed by atoms with van der Waals surface area (Å²) in [6.45, 7) is 1.77. The molecule has 0 fully saturated rings. The van der Waals surface area contributed by atoms with Crippen LogP contribution in [0.25, 0.3) is 0 Å². The van der Waals surface area contributed by atoms with Crippen LogP contribution in [0.5, 0.6) is 0 Å². The lowest BCUT2D eigenvalue weighted by Gasteiger charge is -2.16. The minimum absolute atomic E-state index is 0.216. The molecule has 1 unspecified atom stereocenters. The molecule has 2 aromatic rings. The van der Waals surface area contributed by atoms with Gasteiger partial charge in [0, 0.05) is 16.2 Å². The number of nitrogens with one attached hydrogen (secondary N) is 1. The van der Waals surface area contributed by atoms with Gasteiger partial charge in [0.1, 0.15) is 0 Å². The quantitative estimate of drug-likeness (QED) is 0.828. The predicted octanol–water partition coefficient (Wildman–Crippen LogP) is 3.07. The predicted molar refractivity (Wildman–Crippen MR) is 83.7 cm³/mol. The van der Waals surface area contributed by atoms with Crippen molar-refractivity contribution in [1.29, 1.82) is 0 Å². The second-order valence-corrected chi connectivity index (χ2v) is 7.06. The van der Waals surface area contributed by atoms with Gasteiger partial charge in [-0.3, -0.25) is 0 Å². The van der Waals surface area contributed by atoms with Gasteiger partial charge in [0.25, 0.3) is 0 Å². The van der Waals surface area contributed by atoms with E-state index in [1.165, 1.54) is 0 Å². The highest BCUT2D eigenvalue weighted by atomic mass is 79.9. The lowest BCUT2D eigenvalue weighted by Crippen LogP contribution is -2.27. The molecular formula is C14H15BrN2O2S. The number of anilines is 1. The molecule has 2 aromatic carbocycles. The summed E-state index contributed by atoms with van der Waals surface area (Å²) in [7, 11) is -3.58. The molecule has 0 saturated carbocycles. The number of nitrogens with two attached hydrogens (primary N) is 1. The van der Waals surface area contributed by atoms with Gasteiger partial charge in [0.15, 0.2) is 0 Å². The molecule has 6 heteroatoms. The van der Waals surface area contributed by atoms with Gasteiger partial charge in [-0.05, 0) is 36.8 Å². The maximum atomic E-state index is 12.3. The van der Waals surface area contributed by atoms with Crippen molar-refractivity contribution in [3.8, 4) is 0 Å². The molecule has 2 rings (SSSR count). The Morgan fingerprint density at radius 1 is 1.15 bits per heavy atom. The van der Waals surface area contributed by atoms with Crippen LogP contribution in [-0.4, -0.2) is 8.42 Å². The van der Waals surface area contributed by atoms with Crippen LogP contribution in [0, 0.1) is 0 Å². The SMILES string of the molecule is CC(NS(=O)(=O)c1cccc(Br)c1)c1ccccc1N. The molecule has 0 amide bonds. The van der Waals surface area contributed by atoms with Crippen molar-refractivity contribution in [2.45, 2.75) is 17.9 Å². The standard InChI is InChI=1S/C14H15BrN2O2S/c1-10(13-7-2-3-8-14(13)16)17-20(18,19)12-6-4-5-11(15)9-12/h2-10,17H,16H2,1H3. The molecule has 0 aliphatic heterocycles. The summed E-state index contributed by atoms with van der Waals surface area (Å²) in [4.78, 5) is 0.216. The number of rotatable bonds is 4. The van der Waals surface area contributed by atoms with E-state index in [0.717, 1.165) is 5.56 Å². The summed E-state index contributed by atoms with van der Waals surface area (Å²) < 4.78 is 28.0. The van der Waals surface area contributed by atoms with E-state index in [2.05, 4.69) is 20.7 Å². The van der Waals surface area contributed by atoms with Crippen molar-refractivity contribution in [1.82, 2.24) is 4.72 Å². The molecule has 0 saturated heterocycles. The van der Waals surface area contributed by atoms with Gasteiger partial charge in [0.05, 0.1) is 4.90 Å². The lowest BCUT2D eigenvalue weighted by atomic mass is 10.1. The number of halogens is 1. The molecule has 106 valence electrons. The van der Waals surface area contributed by atoms with E-state index in [9.17, 15) is 8.42 Å². The maximum Gasteiger partial charge on any atom is 0.241 e. The monoisotopic (exact) mass is 354 g/mol. The Morgan fingerprint density at radius 3 is 2.50 bits per heavy atom. The Morgan fingerprint density at radius 2 is 1.85 bits per heavy atom. The van der Waals surface area contributed by atoms with Gasteiger partial charge in [-0.25, -0.2) is 13.1 Å². The highest BCUT2D eigenvalue weighted by Gasteiger charge is 2.19. The Labute approximate surface area is 127 Å². The molecule has 0 spiro atoms. The zero-order valence-corrected chi connectivity index (χ0v) is 13.3. The Kier molecular flexibility index (Phi) is 4.47. The molecule has 0 radical (unpaired) electrons. The van der Waals surface area contributed by atoms with E-state index in [1.807, 2.05) is 18.2 Å². The van der Waals surface area contributed by atoms with E-state index in [0.29, 0.717) is 10.2 Å². The first kappa shape index (κ1) is 15.0. The molecule has 0 aromatic heterocycles. The van der Waals surface area contributed by atoms with E-state index < -0.39 is 16.1 Å². The van der Waals surface area contributed by atoms with Crippen LogP contribution < -0.4 is 10.5 Å². The molecule has 4 nitrogen and oxygen atoms in total. The van der Waals surface area contributed by atoms with Crippen molar-refractivity contribution < 1.29 is 8.42 Å². The largest absolute Gasteiger partial charge is 0.398 e. The first-order valence-corrected chi connectivity index (χ1v) is 8.30. The number of benzene rings is 2. The topological polar surface area (TPSA) is 72.2 Å². The average Bonchev–Trinajstić information content (AvgIpc) is 2.38. The Bertz CT molecular complexity index is 717. The highest BCUT2D eigenvalue weighted by molar-refractivity contribution is 9.10. The summed E-state index contributed by atoms with van der Waals surface area (Å²) in [5.41, 5.74) is 7.18. The van der Waals surface area contributed by atoms with E-state index in [1.54, 1.807) is 37.3 Å². The van der Waals surface area contributed by atoms with Gasteiger partial charge in [-0.1, -0.05) is 40.2 Å². The molecular weight excluding hydrogens is 340 g/mol. The fourth-order valence-electron chi connectivity index (χ4n) is 1.90. The molecule has 3 N–H and O–H groups in total. The average molecular weight is 355 g/mol. The van der Waals surface area contributed by atoms with Crippen LogP contribution >= 0.6 is 15.9 Å². The van der Waals surface area contributed by atoms with Crippen LogP contribution in [0.4, 0.5) is 5.69 Å². The minimum Gasteiger partial charge on any atom is -0.398 e. The third-order valence-corrected chi connectivity index (χ3v) is 4.93. The van der Waals surface area contributed by atoms with Gasteiger partial charge < -0.3 is 5.73 Å². The van der Waals surface area contributed by atoms with Crippen LogP contribution in [0.3, 0.4) is 0 Å². The zero-order valence-electron chi connectivity index (χ0n) is 10.9. The zero-order chi connectivity index (χ0) is 14.8. The summed E-state index contributed by atoms with van der Waals surface area (Å²) in [5, 5.41) is 0. The summed E-state index contributed by atoms with van der Waals surface area (Å²) in [6, 6.07) is 13.4. The Balaban J connectivity index is 2.27. The first-order chi connectivity index (χ1) is 9.40. The molecule has 1 atom stereocenters. The van der Waals surface area contributed by atoms with Crippen LogP contribution in [0.2, 0.25) is 0 Å². The van der Waals surface area contributed by atoms with Gasteiger partial charge in [0.2, 0.25) is 10.0 Å². The van der Waals surface area contributed by atoms with E-state index >= 15 is 0 Å². The van der Waals surface area contributed by atoms with E-state index in [-0.39, 0.29) is 4.90 Å². The van der Waals surface area contributed by atoms with E-state index in [4.69, 9.17) is 5.73 Å². The van der Waals surface area contributed by atoms with Crippen molar-refractivity contribution in [3.63, 3.8) is 0 Å². The number of hydrogen-bond acceptors (Lipinski definition) is 3. The maximum absolute atomic E-state index is 12.3. The van der Waals surface area contributed by atoms with Crippen LogP contribution in [-0.2, 0) is 10.0 Å². The molecule has 0 aliphatic rings. The second kappa shape index (κ2) is 5.95. The Hall–Kier alpha value is -1.37. The molecule has 20 heavy (non-hydrogen) atoms. The number of hydrogen-bond donors (Lipinski definition) is 2. The lowest BCUT2D eigenvalue weighted by molar-refractivity contribution is 0.567. The van der Waals surface area contributed by atoms with Crippen molar-refractivity contribution in [2.75, 3.05) is 5.73 Å². The number of para-hydroxylation sites is 1. The van der Waals surface area contributed by atoms with Crippen molar-refractivity contribution in [3.05, 3.63) is 58.6 Å². The smallest absolute Gasteiger partial charge is 0.241 e. The normalized spacial score (nSPS) is 13.1. The van der Waals surface area contributed by atoms with Crippen LogP contribution in [0.15, 0.2) is 57.9 Å². The van der Waals surface area contributed by atoms with Gasteiger partial charge in [-0.2, -0.15) is 0 Å². The molecule has 0 aliphatic carbocycles. The third-order valence-electron chi connectivity index (χ3n) is 2.90. The first-order valence-electron chi connectivity index (χ1n) is 6.02. The molecule has 0 heterocycles. The molecule has 0 bridgehead atoms. The van der Waals surface area contributed by atoms with Gasteiger partial charge in [-0.15, -0.1) is 0 Å². The highest BCUT2D eigenvalue weighted by Crippen LogP contribution is 2.23. The summed E-state index contributed by atoms with van der Waals surface area (Å²) in [5.74, 6) is 0. The fraction of sp³-hybridized carbons (Fsp3) is 0.143. The van der Waals surface area contributed by atoms with Crippen molar-refractivity contribution in [2.24, 2.45) is 0 Å². The van der Waals surface area contributed by atoms with Gasteiger partial charge >= 0.3 is 0 Å². The fourth-order valence-corrected chi connectivity index (χ4v) is 3.72. The minimum atomic E-state index is -3.58. The summed E-state index contributed by atoms with van der Waals surface area (Å²) >= 11 is 3.27.